The Hall–Kier alpha value is -2.87. The molecule has 0 unspecified atom stereocenters. The normalized spacial score (nSPS) is 19.0. The first-order valence-electron chi connectivity index (χ1n) is 10.1. The van der Waals surface area contributed by atoms with Crippen molar-refractivity contribution in [3.8, 4) is 0 Å². The average Bonchev–Trinajstić information content (AvgIpc) is 3.32. The third-order valence-corrected chi connectivity index (χ3v) is 5.83. The number of ether oxygens (including phenoxy) is 2. The number of fused-ring (bicyclic) bond motifs is 1. The summed E-state index contributed by atoms with van der Waals surface area (Å²) >= 11 is 0. The number of anilines is 1. The molecule has 0 atom stereocenters. The molecular weight excluding hydrogens is 370 g/mol. The van der Waals surface area contributed by atoms with Gasteiger partial charge in [-0.05, 0) is 17.7 Å². The van der Waals surface area contributed by atoms with E-state index in [4.69, 9.17) is 9.47 Å². The van der Waals surface area contributed by atoms with E-state index in [1.807, 2.05) is 30.3 Å². The van der Waals surface area contributed by atoms with Crippen LogP contribution < -0.4 is 4.90 Å². The Balaban J connectivity index is 1.24. The van der Waals surface area contributed by atoms with Gasteiger partial charge in [-0.25, -0.2) is 4.79 Å². The lowest BCUT2D eigenvalue weighted by molar-refractivity contribution is -0.0612. The van der Waals surface area contributed by atoms with Gasteiger partial charge < -0.3 is 19.3 Å². The Labute approximate surface area is 169 Å². The zero-order valence-electron chi connectivity index (χ0n) is 16.6. The van der Waals surface area contributed by atoms with Crippen molar-refractivity contribution in [3.05, 3.63) is 41.5 Å². The smallest absolute Gasteiger partial charge is 0.409 e. The molecule has 1 amide bonds. The first-order chi connectivity index (χ1) is 14.2. The highest BCUT2D eigenvalue weighted by Crippen LogP contribution is 2.36. The number of amides is 1. The Morgan fingerprint density at radius 2 is 2.10 bits per heavy atom. The monoisotopic (exact) mass is 395 g/mol. The topological polar surface area (TPSA) is 72.7 Å². The summed E-state index contributed by atoms with van der Waals surface area (Å²) in [7, 11) is 1.93. The minimum Gasteiger partial charge on any atom is -0.449 e. The van der Waals surface area contributed by atoms with E-state index in [0.29, 0.717) is 38.8 Å². The molecule has 0 saturated carbocycles. The van der Waals surface area contributed by atoms with Crippen LogP contribution in [0.25, 0.3) is 11.6 Å². The Bertz CT molecular complexity index is 942. The van der Waals surface area contributed by atoms with Gasteiger partial charge in [-0.3, -0.25) is 9.67 Å². The van der Waals surface area contributed by atoms with Crippen molar-refractivity contribution >= 4 is 23.4 Å². The fourth-order valence-corrected chi connectivity index (χ4v) is 4.05. The predicted octanol–water partition coefficient (Wildman–Crippen LogP) is 1.82. The highest BCUT2D eigenvalue weighted by Gasteiger charge is 2.27. The maximum absolute atomic E-state index is 12.3. The Morgan fingerprint density at radius 1 is 1.28 bits per heavy atom. The number of aromatic nitrogens is 3. The first-order valence-corrected chi connectivity index (χ1v) is 10.1. The molecule has 8 nitrogen and oxygen atoms in total. The number of rotatable bonds is 4. The van der Waals surface area contributed by atoms with Crippen molar-refractivity contribution in [3.63, 3.8) is 0 Å². The average molecular weight is 395 g/mol. The maximum atomic E-state index is 12.3. The third kappa shape index (κ3) is 3.60. The fraction of sp³-hybridized carbons (Fsp3) is 0.476. The van der Waals surface area contributed by atoms with Gasteiger partial charge in [0.1, 0.15) is 6.61 Å². The van der Waals surface area contributed by atoms with Crippen LogP contribution in [0.1, 0.15) is 16.8 Å². The molecule has 0 radical (unpaired) electrons. The molecule has 2 saturated heterocycles. The molecular formula is C21H25N5O3. The van der Waals surface area contributed by atoms with Crippen LogP contribution in [0.15, 0.2) is 24.7 Å². The van der Waals surface area contributed by atoms with E-state index >= 15 is 0 Å². The molecule has 8 heteroatoms. The lowest BCUT2D eigenvalue weighted by atomic mass is 10.1. The molecule has 0 aromatic carbocycles. The standard InChI is InChI=1S/C21H25N5O3/c1-24-11-17(10-23-24)16-8-18-19(9-16)22-3-2-20(18)25-4-6-26(7-5-25)21(27)29-14-15-12-28-13-15/h2-3,8,10-11,15H,4-7,9,12-14H2,1H3. The van der Waals surface area contributed by atoms with Gasteiger partial charge in [0, 0.05) is 74.8 Å². The quantitative estimate of drug-likeness (QED) is 0.786. The molecule has 2 aliphatic heterocycles. The molecule has 2 aromatic rings. The van der Waals surface area contributed by atoms with Crippen LogP contribution in [0.3, 0.4) is 0 Å². The summed E-state index contributed by atoms with van der Waals surface area (Å²) in [4.78, 5) is 21.0. The molecule has 0 N–H and O–H groups in total. The third-order valence-electron chi connectivity index (χ3n) is 5.83. The van der Waals surface area contributed by atoms with E-state index < -0.39 is 0 Å². The van der Waals surface area contributed by atoms with Gasteiger partial charge in [0.2, 0.25) is 0 Å². The summed E-state index contributed by atoms with van der Waals surface area (Å²) in [6, 6.07) is 2.08. The lowest BCUT2D eigenvalue weighted by Crippen LogP contribution is -2.49. The van der Waals surface area contributed by atoms with Crippen molar-refractivity contribution in [1.82, 2.24) is 19.7 Å². The molecule has 2 fully saturated rings. The molecule has 2 aromatic heterocycles. The van der Waals surface area contributed by atoms with Crippen LogP contribution in [-0.4, -0.2) is 71.8 Å². The fourth-order valence-electron chi connectivity index (χ4n) is 4.05. The number of aryl methyl sites for hydroxylation is 1. The highest BCUT2D eigenvalue weighted by molar-refractivity contribution is 5.91. The molecule has 0 spiro atoms. The van der Waals surface area contributed by atoms with E-state index in [-0.39, 0.29) is 6.09 Å². The SMILES string of the molecule is Cn1cc(C2=Cc3c(N4CCN(C(=O)OCC5COC5)CC4)ccnc3C2)cn1. The molecule has 4 heterocycles. The summed E-state index contributed by atoms with van der Waals surface area (Å²) in [6.45, 7) is 4.75. The molecule has 29 heavy (non-hydrogen) atoms. The zero-order chi connectivity index (χ0) is 19.8. The van der Waals surface area contributed by atoms with Gasteiger partial charge in [-0.15, -0.1) is 0 Å². The largest absolute Gasteiger partial charge is 0.449 e. The molecule has 5 rings (SSSR count). The summed E-state index contributed by atoms with van der Waals surface area (Å²) in [5, 5.41) is 4.28. The zero-order valence-corrected chi connectivity index (χ0v) is 16.6. The van der Waals surface area contributed by atoms with Gasteiger partial charge in [-0.1, -0.05) is 0 Å². The Morgan fingerprint density at radius 3 is 2.79 bits per heavy atom. The number of piperazine rings is 1. The van der Waals surface area contributed by atoms with Crippen LogP contribution in [0, 0.1) is 5.92 Å². The van der Waals surface area contributed by atoms with E-state index in [0.717, 1.165) is 30.8 Å². The van der Waals surface area contributed by atoms with Gasteiger partial charge in [-0.2, -0.15) is 5.10 Å². The van der Waals surface area contributed by atoms with Gasteiger partial charge in [0.25, 0.3) is 0 Å². The second-order valence-electron chi connectivity index (χ2n) is 7.89. The van der Waals surface area contributed by atoms with Crippen molar-refractivity contribution in [2.75, 3.05) is 50.9 Å². The first kappa shape index (κ1) is 18.2. The second kappa shape index (κ2) is 7.51. The number of allylic oxidation sites excluding steroid dienone is 1. The van der Waals surface area contributed by atoms with Gasteiger partial charge in [0.05, 0.1) is 25.1 Å². The van der Waals surface area contributed by atoms with Crippen LogP contribution in [0.2, 0.25) is 0 Å². The van der Waals surface area contributed by atoms with E-state index in [1.54, 1.807) is 4.90 Å². The number of nitrogens with zero attached hydrogens (tertiary/aromatic N) is 5. The van der Waals surface area contributed by atoms with Crippen LogP contribution in [-0.2, 0) is 22.9 Å². The van der Waals surface area contributed by atoms with Crippen molar-refractivity contribution in [1.29, 1.82) is 0 Å². The van der Waals surface area contributed by atoms with Gasteiger partial charge >= 0.3 is 6.09 Å². The highest BCUT2D eigenvalue weighted by atomic mass is 16.6. The number of hydrogen-bond acceptors (Lipinski definition) is 6. The minimum absolute atomic E-state index is 0.213. The summed E-state index contributed by atoms with van der Waals surface area (Å²) in [6.07, 6.45) is 8.67. The van der Waals surface area contributed by atoms with Crippen LogP contribution in [0.5, 0.6) is 0 Å². The second-order valence-corrected chi connectivity index (χ2v) is 7.89. The molecule has 1 aliphatic carbocycles. The molecule has 3 aliphatic rings. The minimum atomic E-state index is -0.213. The Kier molecular flexibility index (Phi) is 4.71. The van der Waals surface area contributed by atoms with Crippen molar-refractivity contribution in [2.45, 2.75) is 6.42 Å². The molecule has 0 bridgehead atoms. The lowest BCUT2D eigenvalue weighted by Gasteiger charge is -2.36. The molecule has 152 valence electrons. The van der Waals surface area contributed by atoms with E-state index in [9.17, 15) is 4.79 Å². The van der Waals surface area contributed by atoms with Crippen molar-refractivity contribution in [2.24, 2.45) is 13.0 Å². The number of pyridine rings is 1. The summed E-state index contributed by atoms with van der Waals surface area (Å²) in [5.41, 5.74) is 5.86. The number of hydrogen-bond donors (Lipinski definition) is 0. The maximum Gasteiger partial charge on any atom is 0.409 e. The number of carbonyl (C=O) groups excluding carboxylic acids is 1. The van der Waals surface area contributed by atoms with Crippen LogP contribution >= 0.6 is 0 Å². The van der Waals surface area contributed by atoms with Crippen molar-refractivity contribution < 1.29 is 14.3 Å². The van der Waals surface area contributed by atoms with Crippen LogP contribution in [0.4, 0.5) is 10.5 Å². The van der Waals surface area contributed by atoms with E-state index in [1.165, 1.54) is 16.8 Å². The predicted molar refractivity (Wildman–Crippen MR) is 108 cm³/mol. The van der Waals surface area contributed by atoms with Gasteiger partial charge in [0.15, 0.2) is 0 Å². The summed E-state index contributed by atoms with van der Waals surface area (Å²) < 4.78 is 12.4. The summed E-state index contributed by atoms with van der Waals surface area (Å²) in [5.74, 6) is 0.362. The van der Waals surface area contributed by atoms with E-state index in [2.05, 4.69) is 27.1 Å². The number of carbonyl (C=O) groups is 1.